The maximum Gasteiger partial charge on any atom is 0.259 e. The molecule has 0 unspecified atom stereocenters. The number of nitrogens with zero attached hydrogens (tertiary/aromatic N) is 3. The third-order valence-electron chi connectivity index (χ3n) is 10.9. The Kier molecular flexibility index (Phi) is 8.09. The summed E-state index contributed by atoms with van der Waals surface area (Å²) in [4.78, 5) is 63.5. The van der Waals surface area contributed by atoms with Gasteiger partial charge in [-0.1, -0.05) is 57.2 Å². The normalized spacial score (nSPS) is 31.1. The van der Waals surface area contributed by atoms with Crippen LogP contribution in [0, 0.1) is 17.3 Å². The summed E-state index contributed by atoms with van der Waals surface area (Å²) in [5.74, 6) is -5.74. The molecule has 0 spiro atoms. The molecule has 4 amide bonds. The molecule has 3 heterocycles. The average molecular weight is 810 g/mol. The molecule has 2 N–H and O–H groups in total. The number of aromatic nitrogens is 1. The van der Waals surface area contributed by atoms with E-state index in [9.17, 15) is 22.8 Å². The molecule has 2 aliphatic heterocycles. The minimum absolute atomic E-state index is 0.0125. The average Bonchev–Trinajstić information content (AvgIpc) is 4.18. The van der Waals surface area contributed by atoms with Crippen molar-refractivity contribution in [2.24, 2.45) is 17.3 Å². The zero-order valence-electron chi connectivity index (χ0n) is 42.1. The van der Waals surface area contributed by atoms with Crippen molar-refractivity contribution in [1.82, 2.24) is 24.8 Å². The van der Waals surface area contributed by atoms with Gasteiger partial charge in [-0.25, -0.2) is 13.4 Å². The number of fused-ring (bicyclic) bond motifs is 1. The fourth-order valence-electron chi connectivity index (χ4n) is 7.31. The predicted molar refractivity (Wildman–Crippen MR) is 216 cm³/mol. The SMILES string of the molecule is [2H]C1([2H])N(C(=O)C[C@H](C(=O)N2C[C@H](Oc3cc(-c4ccccc4)nc4cc(OC)ccc34)C[C@H]2C(=O)N[C@]2(C(=O)NS(=O)(=O)C3CC3)C[C@H]2C=C)C(C)(C)C)C([2H])([2H])C([2H])([2H])C([2H])([2H])C1([2H])[2H]. The number of rotatable bonds is 13. The molecule has 14 heteroatoms. The Morgan fingerprint density at radius 2 is 1.79 bits per heavy atom. The van der Waals surface area contributed by atoms with E-state index in [2.05, 4.69) is 16.6 Å². The molecule has 2 aliphatic carbocycles. The number of nitrogens with one attached hydrogen (secondary N) is 2. The van der Waals surface area contributed by atoms with Crippen LogP contribution in [0.1, 0.15) is 85.7 Å². The van der Waals surface area contributed by atoms with E-state index in [-0.39, 0.29) is 24.3 Å². The number of methoxy groups -OCH3 is 1. The first-order chi connectivity index (χ1) is 30.9. The number of amides is 4. The van der Waals surface area contributed by atoms with Gasteiger partial charge in [-0.15, -0.1) is 6.58 Å². The Morgan fingerprint density at radius 1 is 1.07 bits per heavy atom. The maximum absolute atomic E-state index is 15.2. The highest BCUT2D eigenvalue weighted by Gasteiger charge is 2.62. The van der Waals surface area contributed by atoms with E-state index in [4.69, 9.17) is 28.2 Å². The molecule has 2 aromatic carbocycles. The molecule has 13 nitrogen and oxygen atoms in total. The molecular weight excluding hydrogens is 747 g/mol. The van der Waals surface area contributed by atoms with Crippen LogP contribution in [0.4, 0.5) is 0 Å². The highest BCUT2D eigenvalue weighted by molar-refractivity contribution is 7.91. The first-order valence-electron chi connectivity index (χ1n) is 23.7. The molecule has 7 rings (SSSR count). The van der Waals surface area contributed by atoms with Crippen LogP contribution in [0.3, 0.4) is 0 Å². The van der Waals surface area contributed by atoms with Crippen molar-refractivity contribution in [3.63, 3.8) is 0 Å². The second-order valence-corrected chi connectivity index (χ2v) is 17.8. The van der Waals surface area contributed by atoms with E-state index >= 15 is 4.79 Å². The summed E-state index contributed by atoms with van der Waals surface area (Å²) in [5.41, 5.74) is -1.27. The fourth-order valence-corrected chi connectivity index (χ4v) is 8.68. The highest BCUT2D eigenvalue weighted by atomic mass is 32.2. The Morgan fingerprint density at radius 3 is 2.42 bits per heavy atom. The lowest BCUT2D eigenvalue weighted by atomic mass is 9.77. The lowest BCUT2D eigenvalue weighted by Crippen LogP contribution is -2.57. The molecule has 0 radical (unpaired) electrons. The van der Waals surface area contributed by atoms with Crippen LogP contribution in [-0.2, 0) is 29.2 Å². The third-order valence-corrected chi connectivity index (χ3v) is 12.7. The van der Waals surface area contributed by atoms with Gasteiger partial charge >= 0.3 is 0 Å². The van der Waals surface area contributed by atoms with Crippen LogP contribution in [0.25, 0.3) is 22.2 Å². The summed E-state index contributed by atoms with van der Waals surface area (Å²) in [5, 5.41) is 2.48. The van der Waals surface area contributed by atoms with Gasteiger partial charge < -0.3 is 24.6 Å². The largest absolute Gasteiger partial charge is 0.497 e. The smallest absolute Gasteiger partial charge is 0.259 e. The number of hydrogen-bond donors (Lipinski definition) is 2. The second kappa shape index (κ2) is 15.8. The van der Waals surface area contributed by atoms with Crippen molar-refractivity contribution < 1.29 is 50.8 Å². The number of sulfonamides is 1. The van der Waals surface area contributed by atoms with Gasteiger partial charge in [0.05, 0.1) is 36.0 Å². The lowest BCUT2D eigenvalue weighted by Gasteiger charge is -2.36. The van der Waals surface area contributed by atoms with Crippen LogP contribution in [0.15, 0.2) is 67.3 Å². The number of hydrogen-bond acceptors (Lipinski definition) is 9. The summed E-state index contributed by atoms with van der Waals surface area (Å²) >= 11 is 0. The van der Waals surface area contributed by atoms with Gasteiger partial charge in [-0.3, -0.25) is 23.9 Å². The topological polar surface area (TPSA) is 164 Å². The van der Waals surface area contributed by atoms with Gasteiger partial charge in [0.2, 0.25) is 27.7 Å². The van der Waals surface area contributed by atoms with Crippen molar-refractivity contribution in [2.45, 2.75) is 94.9 Å². The highest BCUT2D eigenvalue weighted by Crippen LogP contribution is 2.46. The summed E-state index contributed by atoms with van der Waals surface area (Å²) in [6.45, 7) is 0.473. The van der Waals surface area contributed by atoms with Crippen molar-refractivity contribution in [3.05, 3.63) is 67.3 Å². The Labute approximate surface area is 348 Å². The van der Waals surface area contributed by atoms with Gasteiger partial charge in [0.25, 0.3) is 5.91 Å². The van der Waals surface area contributed by atoms with Gasteiger partial charge in [0, 0.05) is 68.5 Å². The first kappa shape index (κ1) is 29.3. The number of carbonyl (C=O) groups excluding carboxylic acids is 4. The lowest BCUT2D eigenvalue weighted by molar-refractivity contribution is -0.148. The van der Waals surface area contributed by atoms with Crippen molar-refractivity contribution in [1.29, 1.82) is 0 Å². The van der Waals surface area contributed by atoms with E-state index < -0.39 is 112 Å². The van der Waals surface area contributed by atoms with Gasteiger partial charge in [0.15, 0.2) is 0 Å². The first-order valence-corrected chi connectivity index (χ1v) is 20.3. The molecular formula is C43H53N5O8S. The Bertz CT molecular complexity index is 2600. The van der Waals surface area contributed by atoms with E-state index in [1.165, 1.54) is 13.2 Å². The number of pyridine rings is 1. The quantitative estimate of drug-likeness (QED) is 0.227. The Balaban J connectivity index is 1.26. The van der Waals surface area contributed by atoms with E-state index in [0.717, 1.165) is 10.5 Å². The molecule has 1 aromatic heterocycles. The molecule has 57 heavy (non-hydrogen) atoms. The molecule has 3 aromatic rings. The molecule has 5 atom stereocenters. The van der Waals surface area contributed by atoms with Crippen LogP contribution < -0.4 is 19.5 Å². The number of carbonyl (C=O) groups is 4. The second-order valence-electron chi connectivity index (χ2n) is 15.9. The summed E-state index contributed by atoms with van der Waals surface area (Å²) in [7, 11) is -2.56. The summed E-state index contributed by atoms with van der Waals surface area (Å²) in [6.07, 6.45) is -11.5. The summed E-state index contributed by atoms with van der Waals surface area (Å²) in [6, 6.07) is 14.6. The predicted octanol–water partition coefficient (Wildman–Crippen LogP) is 4.99. The van der Waals surface area contributed by atoms with Gasteiger partial charge in [-0.05, 0) is 55.9 Å². The molecule has 304 valence electrons. The minimum Gasteiger partial charge on any atom is -0.497 e. The van der Waals surface area contributed by atoms with Gasteiger partial charge in [-0.2, -0.15) is 0 Å². The molecule has 4 aliphatic rings. The zero-order chi connectivity index (χ0) is 49.7. The van der Waals surface area contributed by atoms with Gasteiger partial charge in [0.1, 0.15) is 29.2 Å². The molecule has 0 bridgehead atoms. The molecule has 4 fully saturated rings. The number of piperidine rings is 1. The van der Waals surface area contributed by atoms with E-state index in [1.807, 2.05) is 30.3 Å². The monoisotopic (exact) mass is 809 g/mol. The van der Waals surface area contributed by atoms with Crippen LogP contribution in [-0.4, -0.2) is 96.4 Å². The van der Waals surface area contributed by atoms with Crippen LogP contribution in [0.5, 0.6) is 11.5 Å². The summed E-state index contributed by atoms with van der Waals surface area (Å²) < 4.78 is 124. The van der Waals surface area contributed by atoms with Crippen molar-refractivity contribution in [2.75, 3.05) is 26.6 Å². The standard InChI is InChI=1S/C43H53N5O8S/c1-6-28-25-43(28,41(52)46-57(53,54)31-16-17-31)45-39(50)36-22-30(26-48(36)40(51)33(42(2,3)4)23-38(49)47-19-11-8-12-20-47)56-37-24-34(27-13-9-7-10-14-27)44-35-21-29(55-5)15-18-32(35)37/h6-7,9-10,13-15,18,21,24,28,30-31,33,36H,1,8,11-12,16-17,19-20,22-23,25-26H2,2-5H3,(H,45,50)(H,46,52)/t28-,30-,33-,36+,43-/m1/s1/i8D2,11D2,12D2,19D2,20D2. The molecule has 2 saturated heterocycles. The number of benzene rings is 2. The fraction of sp³-hybridized carbons (Fsp3) is 0.512. The third kappa shape index (κ3) is 8.51. The molecule has 2 saturated carbocycles. The van der Waals surface area contributed by atoms with Crippen molar-refractivity contribution in [3.8, 4) is 22.8 Å². The zero-order valence-corrected chi connectivity index (χ0v) is 32.9. The maximum atomic E-state index is 15.2. The Hall–Kier alpha value is -4.98. The van der Waals surface area contributed by atoms with E-state index in [0.29, 0.717) is 40.9 Å². The number of likely N-dealkylation sites (tertiary alicyclic amines) is 2. The van der Waals surface area contributed by atoms with Crippen LogP contribution in [0.2, 0.25) is 0 Å². The number of ether oxygens (including phenoxy) is 2. The van der Waals surface area contributed by atoms with E-state index in [1.54, 1.807) is 45.0 Å². The van der Waals surface area contributed by atoms with Crippen molar-refractivity contribution >= 4 is 44.6 Å². The van der Waals surface area contributed by atoms with Crippen LogP contribution >= 0.6 is 0 Å². The minimum atomic E-state index is -4.06.